The van der Waals surface area contributed by atoms with Crippen molar-refractivity contribution in [2.24, 2.45) is 35.5 Å². The predicted octanol–water partition coefficient (Wildman–Crippen LogP) is 15.7. The van der Waals surface area contributed by atoms with E-state index in [1.807, 2.05) is 12.1 Å². The second-order valence-electron chi connectivity index (χ2n) is 18.4. The van der Waals surface area contributed by atoms with Gasteiger partial charge in [0, 0.05) is 35.1 Å². The highest BCUT2D eigenvalue weighted by atomic mass is 19.3. The minimum absolute atomic E-state index is 0.127. The van der Waals surface area contributed by atoms with Gasteiger partial charge in [-0.15, -0.1) is 0 Å². The number of benzene rings is 2. The number of alkyl halides is 4. The van der Waals surface area contributed by atoms with Crippen LogP contribution in [0.5, 0.6) is 0 Å². The Morgan fingerprint density at radius 2 is 0.815 bits per heavy atom. The summed E-state index contributed by atoms with van der Waals surface area (Å²) in [7, 11) is 0. The summed E-state index contributed by atoms with van der Waals surface area (Å²) in [4.78, 5) is 14.4. The van der Waals surface area contributed by atoms with Gasteiger partial charge in [-0.2, -0.15) is 0 Å². The van der Waals surface area contributed by atoms with Crippen LogP contribution in [0, 0.1) is 35.5 Å². The number of ketones is 1. The van der Waals surface area contributed by atoms with E-state index < -0.39 is 17.6 Å². The highest BCUT2D eigenvalue weighted by molar-refractivity contribution is 6.11. The largest absolute Gasteiger partial charge is 0.289 e. The molecule has 0 aromatic heterocycles. The molecule has 4 aliphatic rings. The molecule has 0 heterocycles. The van der Waals surface area contributed by atoms with Gasteiger partial charge in [-0.1, -0.05) is 103 Å². The average molecular weight is 751 g/mol. The lowest BCUT2D eigenvalue weighted by atomic mass is 9.68. The molecule has 2 aromatic rings. The quantitative estimate of drug-likeness (QED) is 0.139. The highest BCUT2D eigenvalue weighted by Gasteiger charge is 2.40. The first kappa shape index (κ1) is 41.5. The lowest BCUT2D eigenvalue weighted by Gasteiger charge is -2.38. The maximum Gasteiger partial charge on any atom is 0.273 e. The zero-order valence-corrected chi connectivity index (χ0v) is 34.1. The van der Waals surface area contributed by atoms with Crippen molar-refractivity contribution in [3.05, 3.63) is 69.8 Å². The Hall–Kier alpha value is -2.17. The van der Waals surface area contributed by atoms with Crippen LogP contribution >= 0.6 is 0 Å². The normalized spacial score (nSPS) is 29.9. The number of hydrogen-bond donors (Lipinski definition) is 0. The van der Waals surface area contributed by atoms with Gasteiger partial charge < -0.3 is 0 Å². The molecule has 4 saturated carbocycles. The zero-order chi connectivity index (χ0) is 38.5. The van der Waals surface area contributed by atoms with E-state index in [1.54, 1.807) is 38.1 Å². The van der Waals surface area contributed by atoms with E-state index in [0.717, 1.165) is 86.2 Å². The maximum absolute atomic E-state index is 16.1. The number of carbonyl (C=O) groups is 1. The molecule has 0 amide bonds. The van der Waals surface area contributed by atoms with Crippen molar-refractivity contribution in [1.82, 2.24) is 0 Å². The highest BCUT2D eigenvalue weighted by Crippen LogP contribution is 2.48. The lowest BCUT2D eigenvalue weighted by Crippen LogP contribution is -2.26. The Kier molecular flexibility index (Phi) is 14.1. The summed E-state index contributed by atoms with van der Waals surface area (Å²) in [6.45, 7) is 8.05. The van der Waals surface area contributed by atoms with Gasteiger partial charge in [-0.3, -0.25) is 4.79 Å². The first-order valence-electron chi connectivity index (χ1n) is 22.6. The molecule has 4 fully saturated rings. The Bertz CT molecular complexity index is 1390. The Morgan fingerprint density at radius 3 is 1.11 bits per heavy atom. The molecule has 6 rings (SSSR count). The molecule has 54 heavy (non-hydrogen) atoms. The van der Waals surface area contributed by atoms with Gasteiger partial charge in [0.2, 0.25) is 0 Å². The molecule has 0 spiro atoms. The molecule has 0 aliphatic heterocycles. The van der Waals surface area contributed by atoms with E-state index in [2.05, 4.69) is 13.8 Å². The van der Waals surface area contributed by atoms with Gasteiger partial charge in [0.05, 0.1) is 0 Å². The monoisotopic (exact) mass is 751 g/mol. The van der Waals surface area contributed by atoms with Gasteiger partial charge in [-0.25, -0.2) is 17.6 Å². The van der Waals surface area contributed by atoms with Crippen LogP contribution in [0.15, 0.2) is 36.4 Å². The molecule has 0 bridgehead atoms. The summed E-state index contributed by atoms with van der Waals surface area (Å²) in [5, 5.41) is 0. The second-order valence-corrected chi connectivity index (χ2v) is 18.4. The summed E-state index contributed by atoms with van der Waals surface area (Å²) < 4.78 is 64.3. The van der Waals surface area contributed by atoms with Gasteiger partial charge in [0.1, 0.15) is 0 Å². The van der Waals surface area contributed by atoms with Gasteiger partial charge in [0.15, 0.2) is 5.78 Å². The van der Waals surface area contributed by atoms with Crippen molar-refractivity contribution in [2.75, 3.05) is 0 Å². The fourth-order valence-corrected chi connectivity index (χ4v) is 11.7. The van der Waals surface area contributed by atoms with Crippen molar-refractivity contribution >= 4 is 5.78 Å². The number of rotatable bonds is 14. The molecular weight excluding hydrogens is 681 g/mol. The Morgan fingerprint density at radius 1 is 0.500 bits per heavy atom. The minimum Gasteiger partial charge on any atom is -0.289 e. The van der Waals surface area contributed by atoms with Crippen LogP contribution in [0.1, 0.15) is 219 Å². The molecule has 4 aliphatic carbocycles. The molecule has 0 radical (unpaired) electrons. The summed E-state index contributed by atoms with van der Waals surface area (Å²) in [5.74, 6) is -2.06. The molecule has 0 N–H and O–H groups in total. The van der Waals surface area contributed by atoms with Crippen molar-refractivity contribution in [1.29, 1.82) is 0 Å². The summed E-state index contributed by atoms with van der Waals surface area (Å²) >= 11 is 0. The fourth-order valence-electron chi connectivity index (χ4n) is 11.7. The van der Waals surface area contributed by atoms with Crippen LogP contribution in [0.2, 0.25) is 0 Å². The molecule has 2 aromatic carbocycles. The number of hydrogen-bond acceptors (Lipinski definition) is 1. The fraction of sp³-hybridized carbons (Fsp3) is 0.735. The first-order chi connectivity index (χ1) is 26.0. The maximum atomic E-state index is 16.1. The zero-order valence-electron chi connectivity index (χ0n) is 34.1. The van der Waals surface area contributed by atoms with Crippen LogP contribution in [0.3, 0.4) is 0 Å². The molecule has 0 unspecified atom stereocenters. The van der Waals surface area contributed by atoms with Crippen LogP contribution in [0.25, 0.3) is 0 Å². The summed E-state index contributed by atoms with van der Waals surface area (Å²) in [6, 6.07) is 9.93. The second kappa shape index (κ2) is 18.4. The molecular formula is C49H70F4O. The number of carbonyl (C=O) groups excluding carboxylic acids is 1. The van der Waals surface area contributed by atoms with E-state index in [4.69, 9.17) is 0 Å². The molecule has 0 saturated heterocycles. The van der Waals surface area contributed by atoms with Crippen molar-refractivity contribution in [3.8, 4) is 0 Å². The molecule has 0 atom stereocenters. The van der Waals surface area contributed by atoms with E-state index in [1.165, 1.54) is 64.2 Å². The minimum atomic E-state index is -3.23. The summed E-state index contributed by atoms with van der Waals surface area (Å²) in [6.07, 6.45) is 21.3. The Balaban J connectivity index is 1.22. The van der Waals surface area contributed by atoms with E-state index in [-0.39, 0.29) is 59.8 Å². The predicted molar refractivity (Wildman–Crippen MR) is 215 cm³/mol. The third kappa shape index (κ3) is 9.50. The van der Waals surface area contributed by atoms with Crippen LogP contribution in [0.4, 0.5) is 17.6 Å². The van der Waals surface area contributed by atoms with Crippen LogP contribution < -0.4 is 0 Å². The van der Waals surface area contributed by atoms with Crippen LogP contribution in [-0.2, 0) is 11.8 Å². The average Bonchev–Trinajstić information content (AvgIpc) is 3.20. The third-order valence-corrected chi connectivity index (χ3v) is 15.2. The van der Waals surface area contributed by atoms with Gasteiger partial charge in [-0.05, 0) is 148 Å². The third-order valence-electron chi connectivity index (χ3n) is 15.2. The van der Waals surface area contributed by atoms with Crippen LogP contribution in [-0.4, -0.2) is 5.78 Å². The van der Waals surface area contributed by atoms with E-state index >= 15 is 17.6 Å². The molecule has 1 nitrogen and oxygen atoms in total. The molecule has 5 heteroatoms. The van der Waals surface area contributed by atoms with Crippen molar-refractivity contribution in [3.63, 3.8) is 0 Å². The van der Waals surface area contributed by atoms with Gasteiger partial charge >= 0.3 is 0 Å². The first-order valence-corrected chi connectivity index (χ1v) is 22.6. The van der Waals surface area contributed by atoms with E-state index in [9.17, 15) is 4.79 Å². The Labute approximate surface area is 325 Å². The SMILES string of the molecule is CCCC(F)(F)c1cc(C2CCC(C3CCC(CC)CC3)CC2)ccc1C(=O)c1ccc(C2CCC(C3CCC(CC)CC3)CC2)cc1C(F)(F)CCC. The summed E-state index contributed by atoms with van der Waals surface area (Å²) in [5.41, 5.74) is 0.910. The van der Waals surface area contributed by atoms with Gasteiger partial charge in [0.25, 0.3) is 11.8 Å². The topological polar surface area (TPSA) is 17.1 Å². The van der Waals surface area contributed by atoms with E-state index in [0.29, 0.717) is 11.8 Å². The standard InChI is InChI=1S/C49H70F4O/c1-5-29-48(50,51)45-31-41(39-21-17-37(18-22-39)35-13-9-33(7-3)10-14-35)25-27-43(45)47(54)44-28-26-42(32-46(44)49(52,53)30-6-2)40-23-19-38(20-24-40)36-15-11-34(8-4)12-16-36/h25-28,31-40H,5-24,29-30H2,1-4H3. The molecule has 300 valence electrons. The lowest BCUT2D eigenvalue weighted by molar-refractivity contribution is -0.0152. The van der Waals surface area contributed by atoms with Crippen molar-refractivity contribution < 1.29 is 22.4 Å². The smallest absolute Gasteiger partial charge is 0.273 e. The van der Waals surface area contributed by atoms with Crippen molar-refractivity contribution in [2.45, 2.75) is 193 Å². The number of halogens is 4.